The minimum Gasteiger partial charge on any atom is -0.503 e. The Balaban J connectivity index is 1.72. The Morgan fingerprint density at radius 3 is 2.54 bits per heavy atom. The Morgan fingerprint density at radius 2 is 1.79 bits per heavy atom. The minimum absolute atomic E-state index is 0.260. The van der Waals surface area contributed by atoms with Gasteiger partial charge in [0.1, 0.15) is 12.2 Å². The van der Waals surface area contributed by atoms with Crippen LogP contribution < -0.4 is 4.74 Å². The van der Waals surface area contributed by atoms with Gasteiger partial charge in [-0.3, -0.25) is 4.68 Å². The summed E-state index contributed by atoms with van der Waals surface area (Å²) in [5.41, 5.74) is 3.02. The molecule has 1 aromatic heterocycles. The molecular formula is C22H22N2O4. The van der Waals surface area contributed by atoms with Crippen LogP contribution in [0.1, 0.15) is 16.7 Å². The highest BCUT2D eigenvalue weighted by molar-refractivity contribution is 6.16. The number of aromatic nitrogens is 2. The molecule has 0 atom stereocenters. The van der Waals surface area contributed by atoms with Crippen molar-refractivity contribution in [3.05, 3.63) is 89.8 Å². The second-order valence-electron chi connectivity index (χ2n) is 6.04. The second-order valence-corrected chi connectivity index (χ2v) is 6.04. The van der Waals surface area contributed by atoms with Crippen molar-refractivity contribution in [2.75, 3.05) is 14.2 Å². The van der Waals surface area contributed by atoms with Gasteiger partial charge >= 0.3 is 5.97 Å². The number of benzene rings is 2. The lowest BCUT2D eigenvalue weighted by Crippen LogP contribution is -2.08. The number of methoxy groups -OCH3 is 2. The maximum absolute atomic E-state index is 12.1. The van der Waals surface area contributed by atoms with E-state index in [-0.39, 0.29) is 6.61 Å². The van der Waals surface area contributed by atoms with Crippen LogP contribution in [0, 0.1) is 0 Å². The van der Waals surface area contributed by atoms with Gasteiger partial charge in [0.15, 0.2) is 0 Å². The van der Waals surface area contributed by atoms with Crippen LogP contribution in [0.4, 0.5) is 0 Å². The second kappa shape index (κ2) is 9.41. The molecule has 0 bridgehead atoms. The summed E-state index contributed by atoms with van der Waals surface area (Å²) in [6.45, 7) is 0.931. The van der Waals surface area contributed by atoms with Gasteiger partial charge in [-0.25, -0.2) is 4.79 Å². The van der Waals surface area contributed by atoms with Crippen LogP contribution >= 0.6 is 0 Å². The van der Waals surface area contributed by atoms with Crippen molar-refractivity contribution in [3.8, 4) is 5.88 Å². The molecule has 0 saturated heterocycles. The summed E-state index contributed by atoms with van der Waals surface area (Å²) in [7, 11) is 2.83. The van der Waals surface area contributed by atoms with E-state index in [1.807, 2.05) is 59.4 Å². The van der Waals surface area contributed by atoms with Crippen molar-refractivity contribution in [2.45, 2.75) is 13.2 Å². The SMILES string of the molecule is CO/C=C(\C(=O)OC)c1ccccc1COc1ccn(Cc2ccccc2)n1. The highest BCUT2D eigenvalue weighted by Crippen LogP contribution is 2.22. The Morgan fingerprint density at radius 1 is 1.04 bits per heavy atom. The lowest BCUT2D eigenvalue weighted by Gasteiger charge is -2.11. The van der Waals surface area contributed by atoms with Crippen LogP contribution in [-0.2, 0) is 27.4 Å². The molecule has 3 rings (SSSR count). The fraction of sp³-hybridized carbons (Fsp3) is 0.182. The molecule has 0 fully saturated rings. The van der Waals surface area contributed by atoms with E-state index in [2.05, 4.69) is 17.2 Å². The van der Waals surface area contributed by atoms with Crippen molar-refractivity contribution < 1.29 is 19.0 Å². The van der Waals surface area contributed by atoms with Crippen LogP contribution in [0.25, 0.3) is 5.57 Å². The van der Waals surface area contributed by atoms with Gasteiger partial charge in [0.25, 0.3) is 0 Å². The summed E-state index contributed by atoms with van der Waals surface area (Å²) in [6.07, 6.45) is 3.25. The first-order valence-electron chi connectivity index (χ1n) is 8.81. The molecular weight excluding hydrogens is 356 g/mol. The molecule has 0 aliphatic rings. The number of ether oxygens (including phenoxy) is 3. The molecule has 0 spiro atoms. The quantitative estimate of drug-likeness (QED) is 0.340. The zero-order valence-corrected chi connectivity index (χ0v) is 15.9. The number of rotatable bonds is 8. The molecule has 0 radical (unpaired) electrons. The summed E-state index contributed by atoms with van der Waals surface area (Å²) < 4.78 is 17.6. The minimum atomic E-state index is -0.471. The number of carbonyl (C=O) groups excluding carboxylic acids is 1. The third-order valence-electron chi connectivity index (χ3n) is 4.13. The Hall–Kier alpha value is -3.54. The lowest BCUT2D eigenvalue weighted by molar-refractivity contribution is -0.133. The zero-order valence-electron chi connectivity index (χ0n) is 15.9. The van der Waals surface area contributed by atoms with Crippen LogP contribution in [0.15, 0.2) is 73.1 Å². The number of carbonyl (C=O) groups is 1. The molecule has 144 valence electrons. The van der Waals surface area contributed by atoms with E-state index in [9.17, 15) is 4.79 Å². The van der Waals surface area contributed by atoms with Gasteiger partial charge < -0.3 is 14.2 Å². The van der Waals surface area contributed by atoms with Gasteiger partial charge in [-0.2, -0.15) is 0 Å². The number of hydrogen-bond donors (Lipinski definition) is 0. The summed E-state index contributed by atoms with van der Waals surface area (Å²) in [6, 6.07) is 19.4. The standard InChI is InChI=1S/C22H22N2O4/c1-26-16-20(22(25)27-2)19-11-7-6-10-18(19)15-28-21-12-13-24(23-21)14-17-8-4-3-5-9-17/h3-13,16H,14-15H2,1-2H3/b20-16-. The third-order valence-corrected chi connectivity index (χ3v) is 4.13. The predicted octanol–water partition coefficient (Wildman–Crippen LogP) is 3.67. The highest BCUT2D eigenvalue weighted by Gasteiger charge is 2.17. The normalized spacial score (nSPS) is 11.1. The summed E-state index contributed by atoms with van der Waals surface area (Å²) in [5, 5.41) is 4.45. The fourth-order valence-electron chi connectivity index (χ4n) is 2.79. The Labute approximate surface area is 164 Å². The first-order chi connectivity index (χ1) is 13.7. The van der Waals surface area contributed by atoms with E-state index in [0.29, 0.717) is 23.6 Å². The maximum Gasteiger partial charge on any atom is 0.341 e. The summed E-state index contributed by atoms with van der Waals surface area (Å²) in [4.78, 5) is 12.1. The van der Waals surface area contributed by atoms with Gasteiger partial charge in [-0.05, 0) is 16.7 Å². The van der Waals surface area contributed by atoms with Crippen LogP contribution in [-0.4, -0.2) is 30.0 Å². The van der Waals surface area contributed by atoms with Crippen LogP contribution in [0.5, 0.6) is 5.88 Å². The van der Waals surface area contributed by atoms with Gasteiger partial charge in [-0.15, -0.1) is 5.10 Å². The first-order valence-corrected chi connectivity index (χ1v) is 8.81. The molecule has 0 saturated carbocycles. The zero-order chi connectivity index (χ0) is 19.8. The average molecular weight is 378 g/mol. The van der Waals surface area contributed by atoms with Gasteiger partial charge in [0.2, 0.25) is 5.88 Å². The van der Waals surface area contributed by atoms with E-state index >= 15 is 0 Å². The van der Waals surface area contributed by atoms with E-state index in [0.717, 1.165) is 11.1 Å². The maximum atomic E-state index is 12.1. The Kier molecular flexibility index (Phi) is 6.46. The molecule has 2 aromatic carbocycles. The van der Waals surface area contributed by atoms with Crippen LogP contribution in [0.3, 0.4) is 0 Å². The van der Waals surface area contributed by atoms with Crippen molar-refractivity contribution >= 4 is 11.5 Å². The van der Waals surface area contributed by atoms with Crippen molar-refractivity contribution in [2.24, 2.45) is 0 Å². The molecule has 0 N–H and O–H groups in total. The molecule has 0 amide bonds. The smallest absolute Gasteiger partial charge is 0.341 e. The monoisotopic (exact) mass is 378 g/mol. The molecule has 0 aliphatic heterocycles. The van der Waals surface area contributed by atoms with Gasteiger partial charge in [-0.1, -0.05) is 54.6 Å². The topological polar surface area (TPSA) is 62.6 Å². The average Bonchev–Trinajstić information content (AvgIpc) is 3.18. The van der Waals surface area contributed by atoms with Crippen LogP contribution in [0.2, 0.25) is 0 Å². The molecule has 3 aromatic rings. The fourth-order valence-corrected chi connectivity index (χ4v) is 2.79. The number of hydrogen-bond acceptors (Lipinski definition) is 5. The van der Waals surface area contributed by atoms with Gasteiger partial charge in [0, 0.05) is 12.3 Å². The largest absolute Gasteiger partial charge is 0.503 e. The van der Waals surface area contributed by atoms with E-state index < -0.39 is 5.97 Å². The lowest BCUT2D eigenvalue weighted by atomic mass is 10.0. The van der Waals surface area contributed by atoms with E-state index in [1.165, 1.54) is 20.5 Å². The predicted molar refractivity (Wildman–Crippen MR) is 106 cm³/mol. The molecule has 0 aliphatic carbocycles. The Bertz CT molecular complexity index is 948. The highest BCUT2D eigenvalue weighted by atomic mass is 16.5. The molecule has 1 heterocycles. The first kappa shape index (κ1) is 19.2. The molecule has 6 heteroatoms. The molecule has 6 nitrogen and oxygen atoms in total. The van der Waals surface area contributed by atoms with Gasteiger partial charge in [0.05, 0.1) is 27.0 Å². The number of esters is 1. The molecule has 0 unspecified atom stereocenters. The number of nitrogens with zero attached hydrogens (tertiary/aromatic N) is 2. The van der Waals surface area contributed by atoms with E-state index in [4.69, 9.17) is 14.2 Å². The summed E-state index contributed by atoms with van der Waals surface area (Å²) in [5.74, 6) is 0.0440. The van der Waals surface area contributed by atoms with E-state index in [1.54, 1.807) is 0 Å². The van der Waals surface area contributed by atoms with Crippen molar-refractivity contribution in [1.82, 2.24) is 9.78 Å². The summed E-state index contributed by atoms with van der Waals surface area (Å²) >= 11 is 0. The molecule has 28 heavy (non-hydrogen) atoms. The van der Waals surface area contributed by atoms with Crippen molar-refractivity contribution in [3.63, 3.8) is 0 Å². The third kappa shape index (κ3) is 4.79. The van der Waals surface area contributed by atoms with Crippen molar-refractivity contribution in [1.29, 1.82) is 0 Å².